The minimum absolute atomic E-state index is 0.0884. The van der Waals surface area contributed by atoms with Crippen LogP contribution in [0.4, 0.5) is 4.79 Å². The maximum atomic E-state index is 12.0. The zero-order chi connectivity index (χ0) is 15.3. The molecular weight excluding hydrogens is 264 g/mol. The molecule has 0 radical (unpaired) electrons. The quantitative estimate of drug-likeness (QED) is 0.729. The van der Waals surface area contributed by atoms with Gasteiger partial charge in [-0.15, -0.1) is 0 Å². The lowest BCUT2D eigenvalue weighted by atomic mass is 10.1. The highest BCUT2D eigenvalue weighted by Crippen LogP contribution is 2.10. The van der Waals surface area contributed by atoms with Gasteiger partial charge in [-0.3, -0.25) is 10.2 Å². The number of carboxylic acid groups (broad SMARTS) is 2. The van der Waals surface area contributed by atoms with Crippen molar-refractivity contribution in [3.8, 4) is 0 Å². The van der Waals surface area contributed by atoms with E-state index >= 15 is 0 Å². The molecule has 2 amide bonds. The fraction of sp³-hybridized carbons (Fsp3) is 0.308. The third-order valence-electron chi connectivity index (χ3n) is 2.86. The Morgan fingerprint density at radius 3 is 2.20 bits per heavy atom. The summed E-state index contributed by atoms with van der Waals surface area (Å²) in [5.74, 6) is -2.02. The van der Waals surface area contributed by atoms with Crippen molar-refractivity contribution in [3.05, 3.63) is 35.4 Å². The summed E-state index contributed by atoms with van der Waals surface area (Å²) in [4.78, 5) is 34.1. The van der Waals surface area contributed by atoms with Gasteiger partial charge in [-0.05, 0) is 25.5 Å². The second-order valence-electron chi connectivity index (χ2n) is 4.20. The number of carbonyl (C=O) groups is 3. The Kier molecular flexibility index (Phi) is 5.08. The minimum atomic E-state index is -1.31. The predicted octanol–water partition coefficient (Wildman–Crippen LogP) is 1.81. The molecule has 1 aromatic carbocycles. The zero-order valence-corrected chi connectivity index (χ0v) is 11.2. The van der Waals surface area contributed by atoms with E-state index in [1.807, 2.05) is 0 Å². The number of hydrazine groups is 1. The Morgan fingerprint density at radius 1 is 1.20 bits per heavy atom. The molecule has 20 heavy (non-hydrogen) atoms. The number of nitrogens with one attached hydrogen (secondary N) is 1. The van der Waals surface area contributed by atoms with E-state index in [0.29, 0.717) is 6.42 Å². The van der Waals surface area contributed by atoms with Gasteiger partial charge < -0.3 is 10.2 Å². The molecule has 0 aliphatic rings. The number of aromatic carboxylic acids is 1. The van der Waals surface area contributed by atoms with Crippen LogP contribution in [0.25, 0.3) is 0 Å². The van der Waals surface area contributed by atoms with Crippen molar-refractivity contribution in [2.45, 2.75) is 26.3 Å². The van der Waals surface area contributed by atoms with E-state index in [-0.39, 0.29) is 11.1 Å². The maximum absolute atomic E-state index is 12.0. The highest BCUT2D eigenvalue weighted by atomic mass is 16.4. The van der Waals surface area contributed by atoms with Crippen LogP contribution in [-0.4, -0.2) is 39.2 Å². The summed E-state index contributed by atoms with van der Waals surface area (Å²) < 4.78 is 0. The third kappa shape index (κ3) is 3.47. The standard InChI is InChI=1S/C13H16N2O5/c1-3-8(2)15(13(19)20)14-11(16)9-6-4-5-7-10(9)12(17)18/h4-8H,3H2,1-2H3,(H,14,16)(H,17,18)(H,19,20)/t8-/m0/s1. The largest absolute Gasteiger partial charge is 0.478 e. The van der Waals surface area contributed by atoms with Crippen molar-refractivity contribution in [3.63, 3.8) is 0 Å². The number of rotatable bonds is 4. The number of carboxylic acids is 1. The van der Waals surface area contributed by atoms with Gasteiger partial charge in [0.05, 0.1) is 17.2 Å². The van der Waals surface area contributed by atoms with Gasteiger partial charge >= 0.3 is 12.1 Å². The molecule has 1 rings (SSSR count). The van der Waals surface area contributed by atoms with Crippen LogP contribution in [0.5, 0.6) is 0 Å². The first-order chi connectivity index (χ1) is 9.38. The van der Waals surface area contributed by atoms with E-state index in [1.165, 1.54) is 24.3 Å². The first-order valence-electron chi connectivity index (χ1n) is 6.04. The van der Waals surface area contributed by atoms with Crippen LogP contribution in [-0.2, 0) is 0 Å². The van der Waals surface area contributed by atoms with Crippen molar-refractivity contribution in [2.24, 2.45) is 0 Å². The summed E-state index contributed by atoms with van der Waals surface area (Å²) in [6.07, 6.45) is -0.798. The summed E-state index contributed by atoms with van der Waals surface area (Å²) in [7, 11) is 0. The van der Waals surface area contributed by atoms with Crippen molar-refractivity contribution in [1.82, 2.24) is 10.4 Å². The molecular formula is C13H16N2O5. The Bertz CT molecular complexity index is 529. The number of hydrogen-bond donors (Lipinski definition) is 3. The molecule has 0 aromatic heterocycles. The Labute approximate surface area is 115 Å². The van der Waals surface area contributed by atoms with E-state index in [2.05, 4.69) is 5.43 Å². The van der Waals surface area contributed by atoms with Gasteiger partial charge in [-0.1, -0.05) is 19.1 Å². The predicted molar refractivity (Wildman–Crippen MR) is 70.5 cm³/mol. The number of carbonyl (C=O) groups excluding carboxylic acids is 1. The average molecular weight is 280 g/mol. The van der Waals surface area contributed by atoms with Gasteiger partial charge in [0.25, 0.3) is 5.91 Å². The van der Waals surface area contributed by atoms with Crippen LogP contribution >= 0.6 is 0 Å². The molecule has 0 aliphatic heterocycles. The van der Waals surface area contributed by atoms with Crippen molar-refractivity contribution < 1.29 is 24.6 Å². The second kappa shape index (κ2) is 6.55. The smallest absolute Gasteiger partial charge is 0.426 e. The monoisotopic (exact) mass is 280 g/mol. The van der Waals surface area contributed by atoms with Crippen LogP contribution in [0.15, 0.2) is 24.3 Å². The number of hydrogen-bond acceptors (Lipinski definition) is 3. The average Bonchev–Trinajstić information content (AvgIpc) is 2.43. The first-order valence-corrected chi connectivity index (χ1v) is 6.04. The van der Waals surface area contributed by atoms with Crippen molar-refractivity contribution in [2.75, 3.05) is 0 Å². The Hall–Kier alpha value is -2.57. The molecule has 7 heteroatoms. The third-order valence-corrected chi connectivity index (χ3v) is 2.86. The molecule has 3 N–H and O–H groups in total. The minimum Gasteiger partial charge on any atom is -0.478 e. The topological polar surface area (TPSA) is 107 Å². The molecule has 0 bridgehead atoms. The molecule has 0 fully saturated rings. The highest BCUT2D eigenvalue weighted by molar-refractivity contribution is 6.04. The van der Waals surface area contributed by atoms with E-state index < -0.39 is 24.0 Å². The molecule has 0 saturated carbocycles. The lowest BCUT2D eigenvalue weighted by molar-refractivity contribution is 0.0645. The molecule has 0 unspecified atom stereocenters. The molecule has 0 heterocycles. The number of benzene rings is 1. The number of nitrogens with zero attached hydrogens (tertiary/aromatic N) is 1. The van der Waals surface area contributed by atoms with Gasteiger partial charge in [-0.2, -0.15) is 0 Å². The maximum Gasteiger partial charge on any atom is 0.426 e. The summed E-state index contributed by atoms with van der Waals surface area (Å²) in [5, 5.41) is 18.8. The molecule has 0 aliphatic carbocycles. The molecule has 0 saturated heterocycles. The SMILES string of the molecule is CC[C@H](C)N(NC(=O)c1ccccc1C(=O)O)C(=O)O. The van der Waals surface area contributed by atoms with Gasteiger partial charge in [0.15, 0.2) is 0 Å². The lowest BCUT2D eigenvalue weighted by Gasteiger charge is -2.25. The summed E-state index contributed by atoms with van der Waals surface area (Å²) >= 11 is 0. The zero-order valence-electron chi connectivity index (χ0n) is 11.2. The number of amides is 2. The summed E-state index contributed by atoms with van der Waals surface area (Å²) in [5.41, 5.74) is 1.94. The fourth-order valence-electron chi connectivity index (χ4n) is 1.57. The van der Waals surface area contributed by atoms with Crippen LogP contribution < -0.4 is 5.43 Å². The summed E-state index contributed by atoms with van der Waals surface area (Å²) in [6, 6.07) is 5.19. The molecule has 1 aromatic rings. The fourth-order valence-corrected chi connectivity index (χ4v) is 1.57. The van der Waals surface area contributed by atoms with Crippen LogP contribution in [0.2, 0.25) is 0 Å². The molecule has 0 spiro atoms. The Balaban J connectivity index is 3.01. The van der Waals surface area contributed by atoms with Crippen LogP contribution in [0, 0.1) is 0 Å². The van der Waals surface area contributed by atoms with Crippen LogP contribution in [0.3, 0.4) is 0 Å². The van der Waals surface area contributed by atoms with Gasteiger partial charge in [-0.25, -0.2) is 14.6 Å². The van der Waals surface area contributed by atoms with Crippen molar-refractivity contribution in [1.29, 1.82) is 0 Å². The van der Waals surface area contributed by atoms with Gasteiger partial charge in [0.2, 0.25) is 0 Å². The molecule has 7 nitrogen and oxygen atoms in total. The van der Waals surface area contributed by atoms with Crippen molar-refractivity contribution >= 4 is 18.0 Å². The van der Waals surface area contributed by atoms with Gasteiger partial charge in [0, 0.05) is 0 Å². The molecule has 1 atom stereocenters. The van der Waals surface area contributed by atoms with Crippen LogP contribution in [0.1, 0.15) is 41.0 Å². The van der Waals surface area contributed by atoms with E-state index in [0.717, 1.165) is 5.01 Å². The van der Waals surface area contributed by atoms with E-state index in [9.17, 15) is 14.4 Å². The first kappa shape index (κ1) is 15.5. The Morgan fingerprint density at radius 2 is 1.75 bits per heavy atom. The van der Waals surface area contributed by atoms with E-state index in [1.54, 1.807) is 13.8 Å². The van der Waals surface area contributed by atoms with Gasteiger partial charge in [0.1, 0.15) is 0 Å². The molecule has 108 valence electrons. The summed E-state index contributed by atoms with van der Waals surface area (Å²) in [6.45, 7) is 3.41. The van der Waals surface area contributed by atoms with E-state index in [4.69, 9.17) is 10.2 Å². The second-order valence-corrected chi connectivity index (χ2v) is 4.20. The highest BCUT2D eigenvalue weighted by Gasteiger charge is 2.23. The normalized spacial score (nSPS) is 11.5. The lowest BCUT2D eigenvalue weighted by Crippen LogP contribution is -2.50.